The summed E-state index contributed by atoms with van der Waals surface area (Å²) in [7, 11) is 0. The van der Waals surface area contributed by atoms with Crippen molar-refractivity contribution in [3.63, 3.8) is 0 Å². The smallest absolute Gasteiger partial charge is 0.349 e. The van der Waals surface area contributed by atoms with Crippen LogP contribution in [0.4, 0.5) is 5.82 Å². The predicted octanol–water partition coefficient (Wildman–Crippen LogP) is 5.09. The van der Waals surface area contributed by atoms with E-state index in [1.807, 2.05) is 6.20 Å². The van der Waals surface area contributed by atoms with Gasteiger partial charge >= 0.3 is 5.69 Å². The predicted molar refractivity (Wildman–Crippen MR) is 98.7 cm³/mol. The molecule has 0 aliphatic carbocycles. The van der Waals surface area contributed by atoms with E-state index in [2.05, 4.69) is 18.8 Å². The van der Waals surface area contributed by atoms with Crippen LogP contribution >= 0.6 is 0 Å². The van der Waals surface area contributed by atoms with E-state index in [4.69, 9.17) is 5.73 Å². The summed E-state index contributed by atoms with van der Waals surface area (Å²) in [4.78, 5) is 16.0. The maximum atomic E-state index is 12.1. The molecule has 1 aromatic rings. The van der Waals surface area contributed by atoms with Crippen LogP contribution < -0.4 is 11.4 Å². The first-order chi connectivity index (χ1) is 11.2. The Morgan fingerprint density at radius 2 is 1.48 bits per heavy atom. The van der Waals surface area contributed by atoms with Gasteiger partial charge in [-0.3, -0.25) is 4.57 Å². The third-order valence-corrected chi connectivity index (χ3v) is 4.53. The molecule has 1 rings (SSSR count). The Morgan fingerprint density at radius 3 is 1.96 bits per heavy atom. The molecule has 2 N–H and O–H groups in total. The van der Waals surface area contributed by atoms with Crippen LogP contribution in [0.1, 0.15) is 96.9 Å². The Kier molecular flexibility index (Phi) is 10.4. The molecule has 4 nitrogen and oxygen atoms in total. The monoisotopic (exact) mass is 321 g/mol. The van der Waals surface area contributed by atoms with E-state index < -0.39 is 0 Å². The highest BCUT2D eigenvalue weighted by atomic mass is 16.1. The fraction of sp³-hybridized carbons (Fsp3) is 0.789. The zero-order chi connectivity index (χ0) is 16.9. The van der Waals surface area contributed by atoms with Crippen LogP contribution in [0.25, 0.3) is 0 Å². The number of nitrogens with two attached hydrogens (primary N) is 1. The summed E-state index contributed by atoms with van der Waals surface area (Å²) in [6, 6.07) is 2.02. The van der Waals surface area contributed by atoms with Gasteiger partial charge in [0, 0.05) is 12.2 Å². The molecule has 132 valence electrons. The molecule has 0 aliphatic heterocycles. The molecule has 0 atom stereocenters. The molecule has 0 fully saturated rings. The van der Waals surface area contributed by atoms with Crippen molar-refractivity contribution in [2.45, 2.75) is 96.9 Å². The Labute approximate surface area is 141 Å². The largest absolute Gasteiger partial charge is 0.383 e. The lowest BCUT2D eigenvalue weighted by molar-refractivity contribution is 0.382. The van der Waals surface area contributed by atoms with E-state index in [1.54, 1.807) is 10.6 Å². The van der Waals surface area contributed by atoms with Gasteiger partial charge in [-0.1, -0.05) is 78.1 Å². The van der Waals surface area contributed by atoms with Crippen molar-refractivity contribution in [1.29, 1.82) is 0 Å². The van der Waals surface area contributed by atoms with E-state index in [0.717, 1.165) is 12.8 Å². The van der Waals surface area contributed by atoms with Gasteiger partial charge in [0.15, 0.2) is 0 Å². The fourth-order valence-electron chi connectivity index (χ4n) is 3.09. The van der Waals surface area contributed by atoms with Gasteiger partial charge < -0.3 is 5.73 Å². The Morgan fingerprint density at radius 1 is 0.957 bits per heavy atom. The third kappa shape index (κ3) is 8.19. The van der Waals surface area contributed by atoms with Crippen LogP contribution in [-0.2, 0) is 0 Å². The van der Waals surface area contributed by atoms with Crippen molar-refractivity contribution in [3.8, 4) is 0 Å². The summed E-state index contributed by atoms with van der Waals surface area (Å²) >= 11 is 0. The van der Waals surface area contributed by atoms with Crippen molar-refractivity contribution >= 4 is 5.82 Å². The molecule has 0 saturated heterocycles. The number of hydrogen-bond donors (Lipinski definition) is 1. The quantitative estimate of drug-likeness (QED) is 0.515. The Balaban J connectivity index is 2.54. The second kappa shape index (κ2) is 12.1. The molecule has 0 bridgehead atoms. The average Bonchev–Trinajstić information content (AvgIpc) is 2.53. The lowest BCUT2D eigenvalue weighted by atomic mass is 10.00. The van der Waals surface area contributed by atoms with Gasteiger partial charge in [0.2, 0.25) is 0 Å². The van der Waals surface area contributed by atoms with E-state index in [0.29, 0.717) is 5.82 Å². The maximum absolute atomic E-state index is 12.1. The minimum Gasteiger partial charge on any atom is -0.383 e. The van der Waals surface area contributed by atoms with Gasteiger partial charge in [0.1, 0.15) is 5.82 Å². The van der Waals surface area contributed by atoms with Crippen LogP contribution in [-0.4, -0.2) is 9.55 Å². The van der Waals surface area contributed by atoms with E-state index in [9.17, 15) is 4.79 Å². The van der Waals surface area contributed by atoms with Gasteiger partial charge in [0.25, 0.3) is 0 Å². The summed E-state index contributed by atoms with van der Waals surface area (Å²) in [5.41, 5.74) is 5.42. The molecule has 0 aliphatic rings. The number of hydrogen-bond acceptors (Lipinski definition) is 3. The molecule has 0 amide bonds. The van der Waals surface area contributed by atoms with Crippen LogP contribution in [0.3, 0.4) is 0 Å². The molecule has 1 aromatic heterocycles. The van der Waals surface area contributed by atoms with Gasteiger partial charge in [-0.15, -0.1) is 0 Å². The summed E-state index contributed by atoms with van der Waals surface area (Å²) in [5.74, 6) is 0.316. The number of unbranched alkanes of at least 4 members (excludes halogenated alkanes) is 8. The summed E-state index contributed by atoms with van der Waals surface area (Å²) in [5, 5.41) is 0. The number of aromatic nitrogens is 2. The maximum Gasteiger partial charge on any atom is 0.349 e. The van der Waals surface area contributed by atoms with Crippen LogP contribution in [0.2, 0.25) is 0 Å². The van der Waals surface area contributed by atoms with Crippen LogP contribution in [0.5, 0.6) is 0 Å². The highest BCUT2D eigenvalue weighted by Crippen LogP contribution is 2.22. The SMILES string of the molecule is CCCCCCCC(CCCCCCC)n1ccc(N)nc1=O. The van der Waals surface area contributed by atoms with Crippen molar-refractivity contribution in [1.82, 2.24) is 9.55 Å². The molecule has 0 radical (unpaired) electrons. The molecule has 0 aromatic carbocycles. The number of nitrogens with zero attached hydrogens (tertiary/aromatic N) is 2. The molecule has 4 heteroatoms. The average molecular weight is 322 g/mol. The molecular formula is C19H35N3O. The molecular weight excluding hydrogens is 286 g/mol. The minimum atomic E-state index is -0.197. The molecule has 0 saturated carbocycles. The Hall–Kier alpha value is -1.32. The van der Waals surface area contributed by atoms with Gasteiger partial charge in [-0.25, -0.2) is 4.79 Å². The summed E-state index contributed by atoms with van der Waals surface area (Å²) in [6.07, 6.45) is 16.6. The van der Waals surface area contributed by atoms with Crippen molar-refractivity contribution in [3.05, 3.63) is 22.7 Å². The molecule has 0 unspecified atom stereocenters. The highest BCUT2D eigenvalue weighted by molar-refractivity contribution is 5.23. The van der Waals surface area contributed by atoms with Crippen LogP contribution in [0.15, 0.2) is 17.1 Å². The van der Waals surface area contributed by atoms with Gasteiger partial charge in [0.05, 0.1) is 0 Å². The second-order valence-corrected chi connectivity index (χ2v) is 6.60. The standard InChI is InChI=1S/C19H35N3O/c1-3-5-7-9-11-13-17(14-12-10-8-6-4-2)22-16-15-18(20)21-19(22)23/h15-17H,3-14H2,1-2H3,(H2,20,21,23). The zero-order valence-electron chi connectivity index (χ0n) is 15.1. The van der Waals surface area contributed by atoms with Crippen molar-refractivity contribution in [2.24, 2.45) is 0 Å². The molecule has 0 spiro atoms. The molecule has 1 heterocycles. The fourth-order valence-corrected chi connectivity index (χ4v) is 3.09. The lowest BCUT2D eigenvalue weighted by Crippen LogP contribution is -2.27. The minimum absolute atomic E-state index is 0.197. The summed E-state index contributed by atoms with van der Waals surface area (Å²) in [6.45, 7) is 4.47. The first-order valence-corrected chi connectivity index (χ1v) is 9.53. The lowest BCUT2D eigenvalue weighted by Gasteiger charge is -2.19. The third-order valence-electron chi connectivity index (χ3n) is 4.53. The normalized spacial score (nSPS) is 11.3. The highest BCUT2D eigenvalue weighted by Gasteiger charge is 2.13. The second-order valence-electron chi connectivity index (χ2n) is 6.60. The van der Waals surface area contributed by atoms with Crippen LogP contribution in [0, 0.1) is 0 Å². The van der Waals surface area contributed by atoms with Crippen molar-refractivity contribution < 1.29 is 0 Å². The number of rotatable bonds is 13. The van der Waals surface area contributed by atoms with Gasteiger partial charge in [-0.2, -0.15) is 4.98 Å². The number of nitrogen functional groups attached to an aromatic ring is 1. The zero-order valence-corrected chi connectivity index (χ0v) is 15.1. The molecule has 23 heavy (non-hydrogen) atoms. The number of anilines is 1. The van der Waals surface area contributed by atoms with E-state index in [1.165, 1.54) is 64.2 Å². The first-order valence-electron chi connectivity index (χ1n) is 9.53. The summed E-state index contributed by atoms with van der Waals surface area (Å²) < 4.78 is 1.80. The topological polar surface area (TPSA) is 60.9 Å². The first kappa shape index (κ1) is 19.7. The van der Waals surface area contributed by atoms with E-state index >= 15 is 0 Å². The van der Waals surface area contributed by atoms with Gasteiger partial charge in [-0.05, 0) is 18.9 Å². The van der Waals surface area contributed by atoms with Crippen molar-refractivity contribution in [2.75, 3.05) is 5.73 Å². The van der Waals surface area contributed by atoms with E-state index in [-0.39, 0.29) is 11.7 Å². The Bertz CT molecular complexity index is 456.